The van der Waals surface area contributed by atoms with E-state index in [1.807, 2.05) is 24.3 Å². The van der Waals surface area contributed by atoms with Crippen molar-refractivity contribution in [3.05, 3.63) is 42.0 Å². The van der Waals surface area contributed by atoms with Gasteiger partial charge in [-0.2, -0.15) is 4.31 Å². The molecule has 1 amide bonds. The molecule has 0 saturated carbocycles. The van der Waals surface area contributed by atoms with E-state index >= 15 is 0 Å². The Balaban J connectivity index is 1.36. The Morgan fingerprint density at radius 3 is 2.59 bits per heavy atom. The molecule has 1 aromatic heterocycles. The number of nitrogens with zero attached hydrogens (tertiary/aromatic N) is 2. The van der Waals surface area contributed by atoms with Crippen LogP contribution in [0.4, 0.5) is 0 Å². The summed E-state index contributed by atoms with van der Waals surface area (Å²) in [4.78, 5) is 15.9. The predicted octanol–water partition coefficient (Wildman–Crippen LogP) is 3.04. The molecular weight excluding hydrogens is 446 g/mol. The summed E-state index contributed by atoms with van der Waals surface area (Å²) in [5, 5.41) is 3.01. The van der Waals surface area contributed by atoms with Crippen molar-refractivity contribution >= 4 is 27.3 Å². The average molecular weight is 478 g/mol. The molecule has 0 aliphatic carbocycles. The van der Waals surface area contributed by atoms with Gasteiger partial charge in [0.1, 0.15) is 4.21 Å². The van der Waals surface area contributed by atoms with Gasteiger partial charge in [-0.25, -0.2) is 8.42 Å². The highest BCUT2D eigenvalue weighted by Gasteiger charge is 2.28. The number of piperidine rings is 1. The van der Waals surface area contributed by atoms with Crippen LogP contribution in [-0.4, -0.2) is 76.0 Å². The van der Waals surface area contributed by atoms with Gasteiger partial charge in [-0.05, 0) is 68.7 Å². The lowest BCUT2D eigenvalue weighted by molar-refractivity contribution is 0.0731. The van der Waals surface area contributed by atoms with Crippen LogP contribution in [-0.2, 0) is 14.8 Å². The van der Waals surface area contributed by atoms with Crippen molar-refractivity contribution in [3.63, 3.8) is 0 Å². The van der Waals surface area contributed by atoms with Crippen molar-refractivity contribution in [2.45, 2.75) is 29.9 Å². The van der Waals surface area contributed by atoms with Crippen LogP contribution < -0.4 is 5.32 Å². The van der Waals surface area contributed by atoms with Crippen LogP contribution in [0.15, 0.2) is 40.6 Å². The maximum Gasteiger partial charge on any atom is 0.252 e. The second-order valence-electron chi connectivity index (χ2n) is 8.23. The normalized spacial score (nSPS) is 18.5. The van der Waals surface area contributed by atoms with E-state index in [9.17, 15) is 13.2 Å². The Morgan fingerprint density at radius 1 is 1.03 bits per heavy atom. The number of carbonyl (C=O) groups excluding carboxylic acids is 1. The number of benzene rings is 1. The zero-order valence-electron chi connectivity index (χ0n) is 18.3. The maximum absolute atomic E-state index is 12.9. The van der Waals surface area contributed by atoms with E-state index in [1.54, 1.807) is 12.1 Å². The smallest absolute Gasteiger partial charge is 0.252 e. The van der Waals surface area contributed by atoms with Crippen LogP contribution in [0.5, 0.6) is 0 Å². The fraction of sp³-hybridized carbons (Fsp3) is 0.522. The van der Waals surface area contributed by atoms with Gasteiger partial charge in [0.15, 0.2) is 0 Å². The van der Waals surface area contributed by atoms with Crippen molar-refractivity contribution in [3.8, 4) is 10.4 Å². The first-order valence-corrected chi connectivity index (χ1v) is 13.6. The van der Waals surface area contributed by atoms with Gasteiger partial charge in [0.2, 0.25) is 0 Å². The fourth-order valence-electron chi connectivity index (χ4n) is 4.13. The van der Waals surface area contributed by atoms with E-state index < -0.39 is 10.0 Å². The number of hydrogen-bond acceptors (Lipinski definition) is 6. The molecule has 32 heavy (non-hydrogen) atoms. The van der Waals surface area contributed by atoms with Gasteiger partial charge in [-0.1, -0.05) is 18.6 Å². The molecular formula is C23H31N3O4S2. The average Bonchev–Trinajstić information content (AvgIpc) is 3.34. The molecule has 2 saturated heterocycles. The Bertz CT molecular complexity index is 1010. The Hall–Kier alpha value is -1.78. The highest BCUT2D eigenvalue weighted by Crippen LogP contribution is 2.33. The molecule has 4 rings (SSSR count). The number of rotatable bonds is 8. The number of carbonyl (C=O) groups is 1. The summed E-state index contributed by atoms with van der Waals surface area (Å²) >= 11 is 1.24. The number of hydrogen-bond donors (Lipinski definition) is 1. The van der Waals surface area contributed by atoms with Gasteiger partial charge in [0, 0.05) is 30.1 Å². The van der Waals surface area contributed by atoms with E-state index in [2.05, 4.69) is 10.2 Å². The van der Waals surface area contributed by atoms with Gasteiger partial charge in [-0.3, -0.25) is 4.79 Å². The summed E-state index contributed by atoms with van der Waals surface area (Å²) in [6.45, 7) is 5.61. The fourth-order valence-corrected chi connectivity index (χ4v) is 7.00. The second-order valence-corrected chi connectivity index (χ2v) is 11.5. The summed E-state index contributed by atoms with van der Waals surface area (Å²) in [5.41, 5.74) is 1.44. The van der Waals surface area contributed by atoms with Crippen LogP contribution in [0, 0.1) is 0 Å². The minimum Gasteiger partial charge on any atom is -0.379 e. The number of morpholine rings is 1. The van der Waals surface area contributed by atoms with Crippen molar-refractivity contribution in [2.75, 3.05) is 52.5 Å². The molecule has 2 fully saturated rings. The molecule has 7 nitrogen and oxygen atoms in total. The standard InChI is InChI=1S/C23H31N3O4S2/c27-23(24-10-5-13-25-11-2-1-3-12-25)20-7-4-6-19(18-20)21-8-9-22(31-21)32(28,29)26-14-16-30-17-15-26/h4,6-9,18H,1-3,5,10-17H2,(H,24,27). The van der Waals surface area contributed by atoms with Gasteiger partial charge >= 0.3 is 0 Å². The summed E-state index contributed by atoms with van der Waals surface area (Å²) in [6, 6.07) is 10.8. The molecule has 0 radical (unpaired) electrons. The highest BCUT2D eigenvalue weighted by molar-refractivity contribution is 7.91. The summed E-state index contributed by atoms with van der Waals surface area (Å²) < 4.78 is 32.8. The molecule has 0 bridgehead atoms. The molecule has 9 heteroatoms. The lowest BCUT2D eigenvalue weighted by Crippen LogP contribution is -2.40. The lowest BCUT2D eigenvalue weighted by atomic mass is 10.1. The van der Waals surface area contributed by atoms with Crippen molar-refractivity contribution in [1.29, 1.82) is 0 Å². The topological polar surface area (TPSA) is 79.0 Å². The number of ether oxygens (including phenoxy) is 1. The summed E-state index contributed by atoms with van der Waals surface area (Å²) in [7, 11) is -3.51. The van der Waals surface area contributed by atoms with E-state index in [-0.39, 0.29) is 5.91 Å². The minimum absolute atomic E-state index is 0.0942. The molecule has 2 aliphatic rings. The zero-order valence-corrected chi connectivity index (χ0v) is 19.9. The SMILES string of the molecule is O=C(NCCCN1CCCCC1)c1cccc(-c2ccc(S(=O)(=O)N3CCOCC3)s2)c1. The third-order valence-electron chi connectivity index (χ3n) is 5.94. The van der Waals surface area contributed by atoms with Crippen LogP contribution in [0.3, 0.4) is 0 Å². The number of sulfonamides is 1. The quantitative estimate of drug-likeness (QED) is 0.592. The monoisotopic (exact) mass is 477 g/mol. The Morgan fingerprint density at radius 2 is 1.81 bits per heavy atom. The molecule has 0 spiro atoms. The largest absolute Gasteiger partial charge is 0.379 e. The van der Waals surface area contributed by atoms with Gasteiger partial charge in [0.25, 0.3) is 15.9 Å². The van der Waals surface area contributed by atoms with Crippen molar-refractivity contribution in [2.24, 2.45) is 0 Å². The first kappa shape index (κ1) is 23.4. The lowest BCUT2D eigenvalue weighted by Gasteiger charge is -2.26. The van der Waals surface area contributed by atoms with E-state index in [0.29, 0.717) is 42.6 Å². The van der Waals surface area contributed by atoms with Gasteiger partial charge in [-0.15, -0.1) is 11.3 Å². The van der Waals surface area contributed by atoms with E-state index in [0.717, 1.165) is 23.4 Å². The minimum atomic E-state index is -3.51. The third kappa shape index (κ3) is 5.77. The maximum atomic E-state index is 12.9. The number of thiophene rings is 1. The molecule has 1 N–H and O–H groups in total. The molecule has 0 atom stereocenters. The van der Waals surface area contributed by atoms with Crippen LogP contribution in [0.1, 0.15) is 36.0 Å². The van der Waals surface area contributed by atoms with E-state index in [1.165, 1.54) is 48.0 Å². The van der Waals surface area contributed by atoms with Crippen molar-refractivity contribution < 1.29 is 17.9 Å². The molecule has 2 aliphatic heterocycles. The third-order valence-corrected chi connectivity index (χ3v) is 9.44. The van der Waals surface area contributed by atoms with Gasteiger partial charge < -0.3 is 15.0 Å². The summed E-state index contributed by atoms with van der Waals surface area (Å²) in [5.74, 6) is -0.0942. The molecule has 3 heterocycles. The van der Waals surface area contributed by atoms with Gasteiger partial charge in [0.05, 0.1) is 13.2 Å². The number of likely N-dealkylation sites (tertiary alicyclic amines) is 1. The van der Waals surface area contributed by atoms with Crippen LogP contribution >= 0.6 is 11.3 Å². The van der Waals surface area contributed by atoms with E-state index in [4.69, 9.17) is 4.74 Å². The highest BCUT2D eigenvalue weighted by atomic mass is 32.2. The predicted molar refractivity (Wildman–Crippen MR) is 127 cm³/mol. The molecule has 174 valence electrons. The van der Waals surface area contributed by atoms with Crippen molar-refractivity contribution in [1.82, 2.24) is 14.5 Å². The number of amides is 1. The zero-order chi connectivity index (χ0) is 22.4. The Labute approximate surface area is 194 Å². The van der Waals surface area contributed by atoms with Crippen LogP contribution in [0.2, 0.25) is 0 Å². The first-order valence-electron chi connectivity index (χ1n) is 11.3. The molecule has 1 aromatic carbocycles. The Kier molecular flexibility index (Phi) is 7.96. The second kappa shape index (κ2) is 10.9. The molecule has 0 unspecified atom stereocenters. The summed E-state index contributed by atoms with van der Waals surface area (Å²) in [6.07, 6.45) is 4.82. The molecule has 2 aromatic rings. The van der Waals surface area contributed by atoms with Crippen LogP contribution in [0.25, 0.3) is 10.4 Å². The number of nitrogens with one attached hydrogen (secondary N) is 1. The first-order chi connectivity index (χ1) is 15.5.